The fraction of sp³-hybridized carbons (Fsp3) is 0.158. The minimum atomic E-state index is -0.702. The van der Waals surface area contributed by atoms with Gasteiger partial charge >= 0.3 is 5.97 Å². The molecule has 0 amide bonds. The molecule has 0 atom stereocenters. The highest BCUT2D eigenvalue weighted by Gasteiger charge is 2.23. The van der Waals surface area contributed by atoms with Gasteiger partial charge in [-0.1, -0.05) is 35.9 Å². The third kappa shape index (κ3) is 2.98. The van der Waals surface area contributed by atoms with E-state index < -0.39 is 11.4 Å². The quantitative estimate of drug-likeness (QED) is 0.716. The van der Waals surface area contributed by atoms with Crippen LogP contribution in [0.5, 0.6) is 5.75 Å². The van der Waals surface area contributed by atoms with Crippen molar-refractivity contribution in [3.05, 3.63) is 63.3 Å². The molecule has 0 aliphatic rings. The van der Waals surface area contributed by atoms with Gasteiger partial charge in [-0.3, -0.25) is 4.79 Å². The van der Waals surface area contributed by atoms with E-state index in [1.54, 1.807) is 49.4 Å². The van der Waals surface area contributed by atoms with Crippen LogP contribution >= 0.6 is 11.6 Å². The summed E-state index contributed by atoms with van der Waals surface area (Å²) >= 11 is 6.28. The number of aromatic amines is 1. The van der Waals surface area contributed by atoms with Gasteiger partial charge in [-0.15, -0.1) is 0 Å². The van der Waals surface area contributed by atoms with E-state index in [1.807, 2.05) is 0 Å². The van der Waals surface area contributed by atoms with E-state index in [0.717, 1.165) is 0 Å². The number of benzene rings is 2. The Morgan fingerprint density at radius 3 is 2.60 bits per heavy atom. The second kappa shape index (κ2) is 6.99. The van der Waals surface area contributed by atoms with Gasteiger partial charge in [-0.05, 0) is 25.1 Å². The van der Waals surface area contributed by atoms with E-state index in [4.69, 9.17) is 21.1 Å². The van der Waals surface area contributed by atoms with Crippen LogP contribution in [0.3, 0.4) is 0 Å². The molecule has 0 aliphatic heterocycles. The van der Waals surface area contributed by atoms with Crippen LogP contribution in [0.15, 0.2) is 47.3 Å². The molecule has 3 rings (SSSR count). The Morgan fingerprint density at radius 1 is 1.16 bits per heavy atom. The number of nitrogens with one attached hydrogen (secondary N) is 1. The van der Waals surface area contributed by atoms with E-state index in [0.29, 0.717) is 32.9 Å². The van der Waals surface area contributed by atoms with Gasteiger partial charge < -0.3 is 14.5 Å². The van der Waals surface area contributed by atoms with Crippen LogP contribution in [0.4, 0.5) is 0 Å². The summed E-state index contributed by atoms with van der Waals surface area (Å²) in [5, 5.41) is 0.717. The third-order valence-electron chi connectivity index (χ3n) is 3.83. The highest BCUT2D eigenvalue weighted by Crippen LogP contribution is 2.31. The minimum Gasteiger partial charge on any atom is -0.496 e. The fourth-order valence-electron chi connectivity index (χ4n) is 2.74. The van der Waals surface area contributed by atoms with E-state index in [2.05, 4.69) is 4.98 Å². The van der Waals surface area contributed by atoms with Crippen LogP contribution < -0.4 is 10.2 Å². The van der Waals surface area contributed by atoms with E-state index in [1.165, 1.54) is 7.11 Å². The van der Waals surface area contributed by atoms with Crippen molar-refractivity contribution in [1.82, 2.24) is 4.98 Å². The molecule has 0 unspecified atom stereocenters. The van der Waals surface area contributed by atoms with Crippen molar-refractivity contribution in [3.63, 3.8) is 0 Å². The first-order valence-corrected chi connectivity index (χ1v) is 8.11. The van der Waals surface area contributed by atoms with Gasteiger partial charge in [0.2, 0.25) is 5.43 Å². The number of H-pyrrole nitrogens is 1. The Balaban J connectivity index is 2.44. The van der Waals surface area contributed by atoms with Crippen LogP contribution in [0, 0.1) is 0 Å². The van der Waals surface area contributed by atoms with Crippen LogP contribution in [0.25, 0.3) is 22.2 Å². The summed E-state index contributed by atoms with van der Waals surface area (Å²) in [6.07, 6.45) is 0. The lowest BCUT2D eigenvalue weighted by Crippen LogP contribution is -2.21. The van der Waals surface area contributed by atoms with Crippen LogP contribution in [0.1, 0.15) is 17.3 Å². The Kier molecular flexibility index (Phi) is 4.76. The number of aromatic nitrogens is 1. The maximum Gasteiger partial charge on any atom is 0.344 e. The van der Waals surface area contributed by atoms with Gasteiger partial charge in [0.05, 0.1) is 30.3 Å². The number of esters is 1. The molecule has 0 fully saturated rings. The molecule has 0 aliphatic carbocycles. The van der Waals surface area contributed by atoms with Crippen molar-refractivity contribution in [2.75, 3.05) is 13.7 Å². The Hall–Kier alpha value is -2.79. The van der Waals surface area contributed by atoms with Gasteiger partial charge in [0.15, 0.2) is 0 Å². The van der Waals surface area contributed by atoms with Crippen molar-refractivity contribution >= 4 is 28.5 Å². The Labute approximate surface area is 149 Å². The molecule has 0 radical (unpaired) electrons. The maximum atomic E-state index is 13.1. The molecule has 0 spiro atoms. The van der Waals surface area contributed by atoms with Crippen molar-refractivity contribution in [2.45, 2.75) is 6.92 Å². The number of ether oxygens (including phenoxy) is 2. The highest BCUT2D eigenvalue weighted by molar-refractivity contribution is 6.33. The lowest BCUT2D eigenvalue weighted by Gasteiger charge is -2.13. The second-order valence-corrected chi connectivity index (χ2v) is 5.69. The van der Waals surface area contributed by atoms with Crippen molar-refractivity contribution < 1.29 is 14.3 Å². The minimum absolute atomic E-state index is 0.0908. The monoisotopic (exact) mass is 357 g/mol. The first-order valence-electron chi connectivity index (χ1n) is 7.73. The molecule has 1 heterocycles. The Morgan fingerprint density at radius 2 is 1.92 bits per heavy atom. The van der Waals surface area contributed by atoms with Gasteiger partial charge in [0.1, 0.15) is 11.3 Å². The van der Waals surface area contributed by atoms with Crippen LogP contribution in [-0.4, -0.2) is 24.7 Å². The van der Waals surface area contributed by atoms with E-state index in [-0.39, 0.29) is 12.2 Å². The standard InChI is InChI=1S/C19H16ClNO4/c1-3-25-19(23)16-17(11-7-4-5-8-12(11)20)21-13-9-6-10-14(24-2)15(13)18(16)22/h4-10H,3H2,1-2H3,(H,21,22). The summed E-state index contributed by atoms with van der Waals surface area (Å²) < 4.78 is 10.4. The molecule has 2 aromatic carbocycles. The lowest BCUT2D eigenvalue weighted by molar-refractivity contribution is 0.0525. The molecule has 1 aromatic heterocycles. The number of pyridine rings is 1. The molecule has 6 heteroatoms. The molecule has 128 valence electrons. The molecular weight excluding hydrogens is 342 g/mol. The number of carbonyl (C=O) groups excluding carboxylic acids is 1. The smallest absolute Gasteiger partial charge is 0.344 e. The third-order valence-corrected chi connectivity index (χ3v) is 4.16. The number of methoxy groups -OCH3 is 1. The fourth-order valence-corrected chi connectivity index (χ4v) is 2.97. The molecule has 0 bridgehead atoms. The first-order chi connectivity index (χ1) is 12.1. The average molecular weight is 358 g/mol. The molecule has 1 N–H and O–H groups in total. The zero-order chi connectivity index (χ0) is 18.0. The van der Waals surface area contributed by atoms with Crippen molar-refractivity contribution in [1.29, 1.82) is 0 Å². The van der Waals surface area contributed by atoms with Gasteiger partial charge in [0.25, 0.3) is 0 Å². The number of halogens is 1. The number of fused-ring (bicyclic) bond motifs is 1. The number of rotatable bonds is 4. The summed E-state index contributed by atoms with van der Waals surface area (Å²) in [6.45, 7) is 1.84. The SMILES string of the molecule is CCOC(=O)c1c(-c2ccccc2Cl)[nH]c2cccc(OC)c2c1=O. The molecule has 0 saturated heterocycles. The summed E-state index contributed by atoms with van der Waals surface area (Å²) in [7, 11) is 1.47. The predicted octanol–water partition coefficient (Wildman–Crippen LogP) is 4.03. The lowest BCUT2D eigenvalue weighted by atomic mass is 10.0. The van der Waals surface area contributed by atoms with Crippen LogP contribution in [-0.2, 0) is 4.74 Å². The molecular formula is C19H16ClNO4. The van der Waals surface area contributed by atoms with Crippen LogP contribution in [0.2, 0.25) is 5.02 Å². The predicted molar refractivity (Wildman–Crippen MR) is 97.5 cm³/mol. The topological polar surface area (TPSA) is 68.4 Å². The average Bonchev–Trinajstić information content (AvgIpc) is 2.61. The zero-order valence-electron chi connectivity index (χ0n) is 13.8. The van der Waals surface area contributed by atoms with Gasteiger partial charge in [-0.25, -0.2) is 4.79 Å². The zero-order valence-corrected chi connectivity index (χ0v) is 14.5. The van der Waals surface area contributed by atoms with Crippen molar-refractivity contribution in [2.24, 2.45) is 0 Å². The Bertz CT molecular complexity index is 1010. The van der Waals surface area contributed by atoms with Gasteiger partial charge in [0, 0.05) is 10.6 Å². The summed E-state index contributed by atoms with van der Waals surface area (Å²) in [6, 6.07) is 12.2. The molecule has 5 nitrogen and oxygen atoms in total. The molecule has 0 saturated carbocycles. The largest absolute Gasteiger partial charge is 0.496 e. The van der Waals surface area contributed by atoms with Crippen molar-refractivity contribution in [3.8, 4) is 17.0 Å². The summed E-state index contributed by atoms with van der Waals surface area (Å²) in [4.78, 5) is 28.7. The normalized spacial score (nSPS) is 10.7. The van der Waals surface area contributed by atoms with E-state index >= 15 is 0 Å². The molecule has 3 aromatic rings. The highest BCUT2D eigenvalue weighted by atomic mass is 35.5. The summed E-state index contributed by atoms with van der Waals surface area (Å²) in [5.74, 6) is -0.318. The number of hydrogen-bond donors (Lipinski definition) is 1. The van der Waals surface area contributed by atoms with Gasteiger partial charge in [-0.2, -0.15) is 0 Å². The number of hydrogen-bond acceptors (Lipinski definition) is 4. The number of carbonyl (C=O) groups is 1. The van der Waals surface area contributed by atoms with E-state index in [9.17, 15) is 9.59 Å². The summed E-state index contributed by atoms with van der Waals surface area (Å²) in [5.41, 5.74) is 0.877. The first kappa shape index (κ1) is 17.0. The molecule has 25 heavy (non-hydrogen) atoms. The second-order valence-electron chi connectivity index (χ2n) is 5.29. The maximum absolute atomic E-state index is 13.1.